The maximum atomic E-state index is 13.1. The van der Waals surface area contributed by atoms with E-state index in [0.29, 0.717) is 12.1 Å². The van der Waals surface area contributed by atoms with Crippen LogP contribution >= 0.6 is 0 Å². The zero-order valence-electron chi connectivity index (χ0n) is 28.9. The number of aromatic amines is 1. The lowest BCUT2D eigenvalue weighted by molar-refractivity contribution is 0.102. The number of hydrogen-bond donors (Lipinski definition) is 9. The molecule has 0 aliphatic rings. The van der Waals surface area contributed by atoms with E-state index in [9.17, 15) is 66.6 Å². The summed E-state index contributed by atoms with van der Waals surface area (Å²) in [6, 6.07) is 16.8. The Morgan fingerprint density at radius 1 is 0.644 bits per heavy atom. The number of fused-ring (bicyclic) bond motifs is 1. The minimum atomic E-state index is -5.39. The Morgan fingerprint density at radius 2 is 1.27 bits per heavy atom. The molecule has 9 N–H and O–H groups in total. The molecular weight excluding hydrogens is 865 g/mol. The highest BCUT2D eigenvalue weighted by atomic mass is 32.2. The molecule has 6 aromatic rings. The van der Waals surface area contributed by atoms with E-state index in [1.807, 2.05) is 0 Å². The Kier molecular flexibility index (Phi) is 11.0. The summed E-state index contributed by atoms with van der Waals surface area (Å²) in [7, 11) is -20.0. The summed E-state index contributed by atoms with van der Waals surface area (Å²) in [6.45, 7) is 0. The molecule has 0 fully saturated rings. The highest BCUT2D eigenvalue weighted by Gasteiger charge is 2.27. The molecule has 0 unspecified atom stereocenters. The molecule has 59 heavy (non-hydrogen) atoms. The van der Waals surface area contributed by atoms with Gasteiger partial charge in [-0.25, -0.2) is 4.79 Å². The van der Waals surface area contributed by atoms with Crippen LogP contribution in [-0.4, -0.2) is 77.8 Å². The van der Waals surface area contributed by atoms with Crippen molar-refractivity contribution in [2.45, 2.75) is 19.6 Å². The molecule has 0 bridgehead atoms. The first-order valence-electron chi connectivity index (χ1n) is 15.8. The molecule has 0 radical (unpaired) electrons. The Bertz CT molecular complexity index is 3240. The number of nitrogens with one attached hydrogen (secondary N) is 4. The third-order valence-corrected chi connectivity index (χ3v) is 11.3. The third kappa shape index (κ3) is 9.70. The van der Waals surface area contributed by atoms with Crippen molar-refractivity contribution < 1.29 is 61.8 Å². The normalized spacial score (nSPS) is 12.4. The van der Waals surface area contributed by atoms with Crippen LogP contribution < -0.4 is 21.6 Å². The minimum Gasteiger partial charge on any atom is -0.505 e. The maximum Gasteiger partial charge on any atom is 0.351 e. The number of amides is 1. The topological polar surface area (TPSA) is 374 Å². The van der Waals surface area contributed by atoms with E-state index in [4.69, 9.17) is 0 Å². The molecule has 0 aliphatic carbocycles. The highest BCUT2D eigenvalue weighted by molar-refractivity contribution is 7.86. The number of carbonyl (C=O) groups is 1. The van der Waals surface area contributed by atoms with Crippen LogP contribution in [0.4, 0.5) is 40.3 Å². The van der Waals surface area contributed by atoms with Gasteiger partial charge < -0.3 is 21.1 Å². The lowest BCUT2D eigenvalue weighted by atomic mass is 10.1. The number of anilines is 5. The van der Waals surface area contributed by atoms with Crippen LogP contribution in [0, 0.1) is 0 Å². The van der Waals surface area contributed by atoms with Gasteiger partial charge in [0.25, 0.3) is 46.4 Å². The van der Waals surface area contributed by atoms with Crippen LogP contribution in [0.1, 0.15) is 10.4 Å². The summed E-state index contributed by atoms with van der Waals surface area (Å²) < 4.78 is 136. The fourth-order valence-electron chi connectivity index (χ4n) is 5.26. The van der Waals surface area contributed by atoms with Crippen molar-refractivity contribution >= 4 is 97.5 Å². The van der Waals surface area contributed by atoms with E-state index in [2.05, 4.69) is 41.1 Å². The lowest BCUT2D eigenvalue weighted by Crippen LogP contribution is -2.16. The summed E-state index contributed by atoms with van der Waals surface area (Å²) in [5.74, 6) is -2.68. The SMILES string of the molecule is O=C(Nc1cc(S(=O)(=O)O)cc2cc(S(=O)(=O)O)c(N=Nc3cc(Nc4nc(Nc5ccc(S(=O)(=O)O)cc5)nc(=O)[nH]4)ccc3S(=O)(=O)O)c(O)c12)c1ccccc1. The van der Waals surface area contributed by atoms with Crippen LogP contribution in [0.25, 0.3) is 10.8 Å². The summed E-state index contributed by atoms with van der Waals surface area (Å²) in [5.41, 5.74) is -3.19. The predicted molar refractivity (Wildman–Crippen MR) is 206 cm³/mol. The van der Waals surface area contributed by atoms with Crippen molar-refractivity contribution in [3.63, 3.8) is 0 Å². The third-order valence-electron chi connectivity index (χ3n) is 7.80. The van der Waals surface area contributed by atoms with Gasteiger partial charge in [0.1, 0.15) is 21.2 Å². The molecular formula is C32H24N8O15S4. The number of H-pyrrole nitrogens is 1. The summed E-state index contributed by atoms with van der Waals surface area (Å²) in [4.78, 5) is 31.9. The number of benzene rings is 5. The van der Waals surface area contributed by atoms with Gasteiger partial charge in [-0.15, -0.1) is 10.2 Å². The van der Waals surface area contributed by atoms with Crippen molar-refractivity contribution in [1.29, 1.82) is 0 Å². The molecule has 0 aliphatic heterocycles. The Hall–Kier alpha value is -6.72. The van der Waals surface area contributed by atoms with Gasteiger partial charge in [0.2, 0.25) is 11.9 Å². The second kappa shape index (κ2) is 15.6. The second-order valence-electron chi connectivity index (χ2n) is 11.8. The van der Waals surface area contributed by atoms with Crippen molar-refractivity contribution in [3.05, 3.63) is 107 Å². The molecule has 6 rings (SSSR count). The van der Waals surface area contributed by atoms with Gasteiger partial charge in [0.15, 0.2) is 5.75 Å². The van der Waals surface area contributed by atoms with Crippen LogP contribution in [0.3, 0.4) is 0 Å². The van der Waals surface area contributed by atoms with Gasteiger partial charge in [0, 0.05) is 22.3 Å². The van der Waals surface area contributed by atoms with Gasteiger partial charge in [-0.3, -0.25) is 28.0 Å². The highest BCUT2D eigenvalue weighted by Crippen LogP contribution is 2.45. The molecule has 0 spiro atoms. The van der Waals surface area contributed by atoms with Crippen LogP contribution in [0.15, 0.2) is 126 Å². The predicted octanol–water partition coefficient (Wildman–Crippen LogP) is 4.17. The van der Waals surface area contributed by atoms with Gasteiger partial charge in [0.05, 0.1) is 15.5 Å². The summed E-state index contributed by atoms with van der Waals surface area (Å²) in [5, 5.41) is 25.5. The molecule has 0 saturated carbocycles. The van der Waals surface area contributed by atoms with Gasteiger partial charge >= 0.3 is 5.69 Å². The average Bonchev–Trinajstić information content (AvgIpc) is 3.13. The number of rotatable bonds is 12. The summed E-state index contributed by atoms with van der Waals surface area (Å²) >= 11 is 0. The number of phenolic OH excluding ortho intramolecular Hbond substituents is 1. The second-order valence-corrected chi connectivity index (χ2v) is 17.5. The smallest absolute Gasteiger partial charge is 0.351 e. The monoisotopic (exact) mass is 888 g/mol. The van der Waals surface area contributed by atoms with Crippen LogP contribution in [0.2, 0.25) is 0 Å². The van der Waals surface area contributed by atoms with E-state index in [0.717, 1.165) is 36.4 Å². The standard InChI is InChI=1S/C32H24N8O15S4/c41-28-26-17(12-21(57(47,48)49)15-23(26)35-29(42)16-4-2-1-3-5-16)13-25(59(53,54)55)27(28)40-39-22-14-19(8-11-24(22)58(50,51)52)34-31-36-30(37-32(43)38-31)33-18-6-9-20(10-7-18)56(44,45)46/h1-15,41H,(H,35,42)(H,44,45,46)(H,47,48,49)(H,50,51,52)(H,53,54,55)(H3,33,34,36,37,38,43). The number of nitrogens with zero attached hydrogens (tertiary/aromatic N) is 4. The molecule has 0 atom stereocenters. The van der Waals surface area contributed by atoms with Crippen molar-refractivity contribution in [2.75, 3.05) is 16.0 Å². The van der Waals surface area contributed by atoms with Gasteiger partial charge in [-0.1, -0.05) is 18.2 Å². The van der Waals surface area contributed by atoms with E-state index in [1.54, 1.807) is 6.07 Å². The number of carbonyl (C=O) groups excluding carboxylic acids is 1. The molecule has 0 saturated heterocycles. The average molecular weight is 889 g/mol. The zero-order chi connectivity index (χ0) is 43.1. The van der Waals surface area contributed by atoms with Gasteiger partial charge in [-0.2, -0.15) is 43.6 Å². The van der Waals surface area contributed by atoms with E-state index < -0.39 is 105 Å². The molecule has 23 nitrogen and oxygen atoms in total. The van der Waals surface area contributed by atoms with Crippen LogP contribution in [-0.2, 0) is 40.5 Å². The molecule has 1 heterocycles. The van der Waals surface area contributed by atoms with Crippen LogP contribution in [0.5, 0.6) is 5.75 Å². The summed E-state index contributed by atoms with van der Waals surface area (Å²) in [6.07, 6.45) is 0. The maximum absolute atomic E-state index is 13.1. The number of aromatic hydroxyl groups is 1. The van der Waals surface area contributed by atoms with Crippen molar-refractivity contribution in [3.8, 4) is 5.75 Å². The first-order chi connectivity index (χ1) is 27.5. The first kappa shape index (κ1) is 41.9. The lowest BCUT2D eigenvalue weighted by Gasteiger charge is -2.15. The number of aromatic nitrogens is 3. The fourth-order valence-corrected chi connectivity index (χ4v) is 7.54. The number of azo groups is 1. The first-order valence-corrected chi connectivity index (χ1v) is 21.5. The van der Waals surface area contributed by atoms with E-state index in [1.165, 1.54) is 36.4 Å². The largest absolute Gasteiger partial charge is 0.505 e. The molecule has 5 aromatic carbocycles. The molecule has 1 aromatic heterocycles. The van der Waals surface area contributed by atoms with Crippen molar-refractivity contribution in [2.24, 2.45) is 10.2 Å². The Balaban J connectivity index is 1.44. The molecule has 27 heteroatoms. The quantitative estimate of drug-likeness (QED) is 0.0615. The molecule has 1 amide bonds. The Morgan fingerprint density at radius 3 is 1.88 bits per heavy atom. The fraction of sp³-hybridized carbons (Fsp3) is 0. The van der Waals surface area contributed by atoms with Crippen molar-refractivity contribution in [1.82, 2.24) is 15.0 Å². The van der Waals surface area contributed by atoms with Gasteiger partial charge in [-0.05, 0) is 78.2 Å². The zero-order valence-corrected chi connectivity index (χ0v) is 32.2. The Labute approximate surface area is 331 Å². The number of phenols is 1. The minimum absolute atomic E-state index is 0.0460. The molecule has 306 valence electrons. The number of hydrogen-bond acceptors (Lipinski definition) is 17. The van der Waals surface area contributed by atoms with E-state index in [-0.39, 0.29) is 28.8 Å². The van der Waals surface area contributed by atoms with E-state index >= 15 is 0 Å².